The zero-order chi connectivity index (χ0) is 50.5. The van der Waals surface area contributed by atoms with Crippen LogP contribution < -0.4 is 20.7 Å². The number of allylic oxidation sites excluding steroid dienone is 5. The molecule has 74 heavy (non-hydrogen) atoms. The predicted molar refractivity (Wildman–Crippen MR) is 331 cm³/mol. The minimum Gasteiger partial charge on any atom is -0.363 e. The molecule has 0 bridgehead atoms. The number of hydrogen-bond acceptors (Lipinski definition) is 0. The van der Waals surface area contributed by atoms with Crippen LogP contribution in [0.2, 0.25) is 24.7 Å². The normalized spacial score (nSPS) is 15.9. The first kappa shape index (κ1) is 50.2. The summed E-state index contributed by atoms with van der Waals surface area (Å²) in [6.07, 6.45) is 27.3. The lowest BCUT2D eigenvalue weighted by Gasteiger charge is -2.38. The zero-order valence-electron chi connectivity index (χ0n) is 44.9. The molecule has 9 aromatic rings. The number of unbranched alkanes of at least 4 members (excludes halogenated alkanes) is 9. The second-order valence-corrected chi connectivity index (χ2v) is 34.2. The van der Waals surface area contributed by atoms with E-state index >= 15 is 0 Å². The molecule has 0 aliphatic heterocycles. The van der Waals surface area contributed by atoms with Gasteiger partial charge in [0, 0.05) is 43.6 Å². The van der Waals surface area contributed by atoms with Crippen LogP contribution in [0, 0.1) is 0 Å². The SMILES string of the molecule is CCCCCCC[Si](CCCCCC)(c1ccc([Si](C)(C2=Cc3ccccc3C2)c2ccc([Si](CCCCC)(C3=CC=CC3)n3c4ccccc4c4ccccc43)cc2)cc1)n1c2ccccc2c2ccccc21. The molecule has 2 aliphatic carbocycles. The van der Waals surface area contributed by atoms with Crippen molar-refractivity contribution in [3.63, 3.8) is 0 Å². The molecule has 0 saturated carbocycles. The molecule has 2 heterocycles. The molecule has 7 aromatic carbocycles. The van der Waals surface area contributed by atoms with Crippen LogP contribution in [0.25, 0.3) is 49.7 Å². The second-order valence-electron chi connectivity index (χ2n) is 22.2. The summed E-state index contributed by atoms with van der Waals surface area (Å²) in [4.78, 5) is 0. The third-order valence-electron chi connectivity index (χ3n) is 17.9. The van der Waals surface area contributed by atoms with Gasteiger partial charge in [0.05, 0.1) is 0 Å². The summed E-state index contributed by atoms with van der Waals surface area (Å²) in [5.74, 6) is 0. The Labute approximate surface area is 445 Å². The molecule has 0 N–H and O–H groups in total. The Morgan fingerprint density at radius 1 is 0.405 bits per heavy atom. The van der Waals surface area contributed by atoms with Crippen molar-refractivity contribution >= 4 is 95.0 Å². The van der Waals surface area contributed by atoms with E-state index < -0.39 is 24.5 Å². The number of nitrogens with zero attached hydrogens (tertiary/aromatic N) is 2. The van der Waals surface area contributed by atoms with E-state index in [1.54, 1.807) is 15.6 Å². The van der Waals surface area contributed by atoms with Gasteiger partial charge >= 0.3 is 0 Å². The standard InChI is InChI=1S/C69H78N2Si3/c1-5-8-11-13-28-50-73(49-27-12-9-6-2,70-66-37-22-18-33-62(66)63-34-19-23-38-67(63)70)58-45-41-56(42-46-58)72(4,61-52-54-29-14-15-30-55(54)53-61)57-43-47-60(48-44-57)74(51-26-10-7-3,59-31-16-17-32-59)71-68-39-24-20-35-64(68)65-36-21-25-40-69(65)71/h14-25,29-31,33-48,52H,5-13,26-28,32,49-51,53H2,1-4H3. The summed E-state index contributed by atoms with van der Waals surface area (Å²) in [5, 5.41) is 15.0. The smallest absolute Gasteiger partial charge is 0.221 e. The van der Waals surface area contributed by atoms with Crippen molar-refractivity contribution in [3.8, 4) is 0 Å². The minimum atomic E-state index is -2.58. The Morgan fingerprint density at radius 2 is 0.838 bits per heavy atom. The maximum absolute atomic E-state index is 2.97. The Bertz CT molecular complexity index is 3390. The third-order valence-corrected chi connectivity index (χ3v) is 32.6. The Hall–Kier alpha value is -5.99. The summed E-state index contributed by atoms with van der Waals surface area (Å²) in [5.41, 5.74) is 8.50. The molecule has 2 aliphatic rings. The number of fused-ring (bicyclic) bond motifs is 7. The molecule has 0 fully saturated rings. The maximum Gasteiger partial charge on any atom is 0.221 e. The summed E-state index contributed by atoms with van der Waals surface area (Å²) in [6.45, 7) is 9.75. The van der Waals surface area contributed by atoms with Crippen molar-refractivity contribution < 1.29 is 0 Å². The zero-order valence-corrected chi connectivity index (χ0v) is 47.9. The molecule has 2 nitrogen and oxygen atoms in total. The number of para-hydroxylation sites is 4. The number of rotatable bonds is 23. The van der Waals surface area contributed by atoms with Crippen molar-refractivity contribution in [2.45, 2.75) is 135 Å². The van der Waals surface area contributed by atoms with Gasteiger partial charge in [0.25, 0.3) is 0 Å². The van der Waals surface area contributed by atoms with Gasteiger partial charge in [0.2, 0.25) is 8.24 Å². The molecule has 0 radical (unpaired) electrons. The Kier molecular flexibility index (Phi) is 15.0. The van der Waals surface area contributed by atoms with Crippen LogP contribution >= 0.6 is 0 Å². The van der Waals surface area contributed by atoms with Gasteiger partial charge in [-0.05, 0) is 87.1 Å². The van der Waals surface area contributed by atoms with Crippen molar-refractivity contribution in [2.24, 2.45) is 0 Å². The van der Waals surface area contributed by atoms with E-state index in [4.69, 9.17) is 0 Å². The number of aromatic nitrogens is 2. The van der Waals surface area contributed by atoms with Gasteiger partial charge in [-0.3, -0.25) is 0 Å². The lowest BCUT2D eigenvalue weighted by molar-refractivity contribution is 0.648. The molecule has 5 heteroatoms. The molecule has 0 amide bonds. The van der Waals surface area contributed by atoms with E-state index in [0.29, 0.717) is 0 Å². The van der Waals surface area contributed by atoms with Crippen molar-refractivity contribution in [2.75, 3.05) is 0 Å². The third kappa shape index (κ3) is 8.90. The van der Waals surface area contributed by atoms with E-state index in [1.807, 2.05) is 0 Å². The topological polar surface area (TPSA) is 9.86 Å². The summed E-state index contributed by atoms with van der Waals surface area (Å²) in [6, 6.07) is 71.3. The predicted octanol–water partition coefficient (Wildman–Crippen LogP) is 16.8. The Balaban J connectivity index is 1.08. The van der Waals surface area contributed by atoms with E-state index in [2.05, 4.69) is 230 Å². The van der Waals surface area contributed by atoms with Gasteiger partial charge in [-0.2, -0.15) is 0 Å². The molecule has 11 rings (SSSR count). The first-order chi connectivity index (χ1) is 36.5. The van der Waals surface area contributed by atoms with Crippen molar-refractivity contribution in [1.29, 1.82) is 0 Å². The van der Waals surface area contributed by atoms with Crippen LogP contribution in [-0.2, 0) is 6.42 Å². The van der Waals surface area contributed by atoms with Crippen LogP contribution in [-0.4, -0.2) is 33.0 Å². The highest BCUT2D eigenvalue weighted by Crippen LogP contribution is 2.40. The molecule has 3 atom stereocenters. The summed E-state index contributed by atoms with van der Waals surface area (Å²) in [7, 11) is -7.50. The highest BCUT2D eigenvalue weighted by molar-refractivity contribution is 7.07. The van der Waals surface area contributed by atoms with E-state index in [9.17, 15) is 0 Å². The van der Waals surface area contributed by atoms with Gasteiger partial charge in [-0.1, -0.05) is 285 Å². The minimum absolute atomic E-state index is 1.02. The fraction of sp³-hybridized carbons (Fsp3) is 0.304. The van der Waals surface area contributed by atoms with Crippen molar-refractivity contribution in [1.82, 2.24) is 8.47 Å². The van der Waals surface area contributed by atoms with Crippen LogP contribution in [0.15, 0.2) is 198 Å². The summed E-state index contributed by atoms with van der Waals surface area (Å²) < 4.78 is 5.86. The molecule has 376 valence electrons. The largest absolute Gasteiger partial charge is 0.363 e. The van der Waals surface area contributed by atoms with Gasteiger partial charge in [0.1, 0.15) is 8.07 Å². The molecule has 0 saturated heterocycles. The number of hydrogen-bond donors (Lipinski definition) is 0. The monoisotopic (exact) mass is 1020 g/mol. The lowest BCUT2D eigenvalue weighted by atomic mass is 10.1. The first-order valence-corrected chi connectivity index (χ1v) is 35.8. The quantitative estimate of drug-likeness (QED) is 0.0446. The van der Waals surface area contributed by atoms with E-state index in [1.165, 1.54) is 165 Å². The van der Waals surface area contributed by atoms with E-state index in [-0.39, 0.29) is 0 Å². The molecule has 0 spiro atoms. The molecule has 3 unspecified atom stereocenters. The van der Waals surface area contributed by atoms with Crippen LogP contribution in [0.5, 0.6) is 0 Å². The fourth-order valence-electron chi connectivity index (χ4n) is 13.9. The van der Waals surface area contributed by atoms with Gasteiger partial charge in [-0.25, -0.2) is 0 Å². The van der Waals surface area contributed by atoms with Crippen LogP contribution in [0.4, 0.5) is 0 Å². The summed E-state index contributed by atoms with van der Waals surface area (Å²) >= 11 is 0. The van der Waals surface area contributed by atoms with Gasteiger partial charge in [-0.15, -0.1) is 0 Å². The maximum atomic E-state index is 2.97. The average molecular weight is 1020 g/mol. The first-order valence-electron chi connectivity index (χ1n) is 28.8. The fourth-order valence-corrected chi connectivity index (χ4v) is 28.2. The second kappa shape index (κ2) is 22.1. The molecule has 2 aromatic heterocycles. The molecular formula is C69H78N2Si3. The highest BCUT2D eigenvalue weighted by Gasteiger charge is 2.45. The Morgan fingerprint density at radius 3 is 1.35 bits per heavy atom. The lowest BCUT2D eigenvalue weighted by Crippen LogP contribution is -2.60. The molecular weight excluding hydrogens is 941 g/mol. The van der Waals surface area contributed by atoms with E-state index in [0.717, 1.165) is 12.8 Å². The average Bonchev–Trinajstić information content (AvgIpc) is 4.28. The van der Waals surface area contributed by atoms with Gasteiger partial charge < -0.3 is 8.47 Å². The van der Waals surface area contributed by atoms with Crippen LogP contribution in [0.3, 0.4) is 0 Å². The van der Waals surface area contributed by atoms with Crippen molar-refractivity contribution in [3.05, 3.63) is 210 Å². The van der Waals surface area contributed by atoms with Gasteiger partial charge in [0.15, 0.2) is 8.24 Å². The number of benzene rings is 7. The van der Waals surface area contributed by atoms with Crippen LogP contribution in [0.1, 0.15) is 115 Å². The highest BCUT2D eigenvalue weighted by atomic mass is 28.3.